The predicted molar refractivity (Wildman–Crippen MR) is 175 cm³/mol. The van der Waals surface area contributed by atoms with Crippen LogP contribution >= 0.6 is 0 Å². The van der Waals surface area contributed by atoms with Crippen molar-refractivity contribution >= 4 is 47.1 Å². The molecule has 0 aliphatic rings. The maximum absolute atomic E-state index is 13.4. The third-order valence-electron chi connectivity index (χ3n) is 7.32. The van der Waals surface area contributed by atoms with Crippen LogP contribution in [0.3, 0.4) is 0 Å². The number of Topliss-reactive ketones (excluding diaryl/α,β-unsaturated/α-hetero) is 3. The van der Waals surface area contributed by atoms with Crippen molar-refractivity contribution in [2.24, 2.45) is 39.8 Å². The molecule has 0 aromatic rings. The number of ketones is 3. The summed E-state index contributed by atoms with van der Waals surface area (Å²) in [7, 11) is 0. The molecule has 0 aromatic carbocycles. The van der Waals surface area contributed by atoms with E-state index in [0.717, 1.165) is 0 Å². The van der Waals surface area contributed by atoms with Gasteiger partial charge in [-0.25, -0.2) is 4.79 Å². The number of carbonyl (C=O) groups excluding carboxylic acids is 7. The summed E-state index contributed by atoms with van der Waals surface area (Å²) >= 11 is 0. The molecule has 0 spiro atoms. The number of hydrogen-bond donors (Lipinski definition) is 12. The Hall–Kier alpha value is -4.24. The van der Waals surface area contributed by atoms with Gasteiger partial charge in [0.2, 0.25) is 17.7 Å². The van der Waals surface area contributed by atoms with Crippen LogP contribution in [0.5, 0.6) is 0 Å². The van der Waals surface area contributed by atoms with Gasteiger partial charge in [-0.1, -0.05) is 6.92 Å². The number of nitrogens with zero attached hydrogens (tertiary/aromatic N) is 1. The quantitative estimate of drug-likeness (QED) is 0.0216. The monoisotopic (exact) mass is 703 g/mol. The minimum absolute atomic E-state index is 0.0495. The number of carbonyl (C=O) groups is 7. The number of amides is 5. The molecule has 5 amide bonds. The van der Waals surface area contributed by atoms with Crippen LogP contribution in [0.25, 0.3) is 0 Å². The predicted octanol–water partition coefficient (Wildman–Crippen LogP) is -5.24. The van der Waals surface area contributed by atoms with Gasteiger partial charge in [-0.05, 0) is 32.1 Å². The first kappa shape index (κ1) is 44.8. The number of aliphatic hydroxyl groups excluding tert-OH is 4. The van der Waals surface area contributed by atoms with Gasteiger partial charge in [0.1, 0.15) is 12.1 Å². The summed E-state index contributed by atoms with van der Waals surface area (Å²) in [5, 5.41) is 48.0. The van der Waals surface area contributed by atoms with E-state index in [1.165, 1.54) is 0 Å². The zero-order chi connectivity index (χ0) is 37.5. The van der Waals surface area contributed by atoms with E-state index in [4.69, 9.17) is 28.0 Å². The number of aliphatic imine (C=N–C) groups is 1. The number of aliphatic hydroxyl groups is 4. The van der Waals surface area contributed by atoms with Crippen molar-refractivity contribution in [2.75, 3.05) is 39.5 Å². The van der Waals surface area contributed by atoms with Crippen LogP contribution in [0, 0.1) is 11.8 Å². The highest BCUT2D eigenvalue weighted by Crippen LogP contribution is 2.14. The fourth-order valence-corrected chi connectivity index (χ4v) is 4.49. The van der Waals surface area contributed by atoms with Gasteiger partial charge in [-0.2, -0.15) is 0 Å². The molecular weight excluding hydrogens is 650 g/mol. The molecular formula is C29H53N9O11. The minimum atomic E-state index is -1.50. The van der Waals surface area contributed by atoms with Crippen LogP contribution < -0.4 is 44.2 Å². The Bertz CT molecular complexity index is 1130. The third kappa shape index (κ3) is 18.2. The normalized spacial score (nSPS) is 14.6. The first-order valence-corrected chi connectivity index (χ1v) is 15.9. The average Bonchev–Trinajstić information content (AvgIpc) is 3.06. The molecule has 0 fully saturated rings. The summed E-state index contributed by atoms with van der Waals surface area (Å²) in [6, 6.07) is -5.88. The fourth-order valence-electron chi connectivity index (χ4n) is 4.49. The molecule has 0 aliphatic heterocycles. The van der Waals surface area contributed by atoms with E-state index < -0.39 is 111 Å². The largest absolute Gasteiger partial charge is 0.396 e. The number of primary amides is 1. The number of hydrogen-bond acceptors (Lipinski definition) is 13. The maximum atomic E-state index is 13.4. The van der Waals surface area contributed by atoms with Gasteiger partial charge < -0.3 is 64.6 Å². The summed E-state index contributed by atoms with van der Waals surface area (Å²) in [5.74, 6) is -7.46. The van der Waals surface area contributed by atoms with Crippen molar-refractivity contribution in [1.29, 1.82) is 0 Å². The van der Waals surface area contributed by atoms with Crippen LogP contribution in [-0.4, -0.2) is 131 Å². The molecule has 0 heterocycles. The van der Waals surface area contributed by atoms with Crippen molar-refractivity contribution in [3.63, 3.8) is 0 Å². The fraction of sp³-hybridized carbons (Fsp3) is 0.724. The first-order valence-electron chi connectivity index (χ1n) is 15.9. The number of nitrogens with one attached hydrogen (secondary N) is 4. The van der Waals surface area contributed by atoms with E-state index >= 15 is 0 Å². The van der Waals surface area contributed by atoms with Crippen LogP contribution in [0.4, 0.5) is 4.79 Å². The number of rotatable bonds is 27. The molecule has 20 nitrogen and oxygen atoms in total. The number of nitrogens with two attached hydrogens (primary N) is 4. The lowest BCUT2D eigenvalue weighted by molar-refractivity contribution is -0.136. The highest BCUT2D eigenvalue weighted by molar-refractivity contribution is 5.96. The second-order valence-corrected chi connectivity index (χ2v) is 11.4. The highest BCUT2D eigenvalue weighted by atomic mass is 16.3. The zero-order valence-corrected chi connectivity index (χ0v) is 27.8. The van der Waals surface area contributed by atoms with E-state index in [-0.39, 0.29) is 50.5 Å². The van der Waals surface area contributed by atoms with Crippen LogP contribution in [0.1, 0.15) is 58.3 Å². The van der Waals surface area contributed by atoms with Gasteiger partial charge in [0, 0.05) is 32.4 Å². The zero-order valence-electron chi connectivity index (χ0n) is 27.8. The Morgan fingerprint density at radius 2 is 1.14 bits per heavy atom. The first-order chi connectivity index (χ1) is 23.1. The molecule has 0 aromatic heterocycles. The van der Waals surface area contributed by atoms with Crippen molar-refractivity contribution in [3.8, 4) is 0 Å². The maximum Gasteiger partial charge on any atom is 0.312 e. The molecule has 0 saturated heterocycles. The van der Waals surface area contributed by atoms with E-state index in [2.05, 4.69) is 26.3 Å². The second-order valence-electron chi connectivity index (χ2n) is 11.4. The molecule has 0 radical (unpaired) electrons. The van der Waals surface area contributed by atoms with Gasteiger partial charge in [0.15, 0.2) is 23.3 Å². The van der Waals surface area contributed by atoms with E-state index in [1.807, 2.05) is 0 Å². The van der Waals surface area contributed by atoms with E-state index in [9.17, 15) is 48.9 Å². The van der Waals surface area contributed by atoms with Gasteiger partial charge in [-0.3, -0.25) is 33.8 Å². The summed E-state index contributed by atoms with van der Waals surface area (Å²) in [4.78, 5) is 91.8. The summed E-state index contributed by atoms with van der Waals surface area (Å²) in [6.45, 7) is -1.26. The standard InChI is InChI=1S/C29H53N9O11/c1-2-5-22(43)19(6-4-9-35-29(33)49)36-25(46)16(12-39)10-23(44)20(7-3-8-34-28(31)32)37-26(47)17(13-40)11-24(45)21(15-42)38-27(48)18(30)14-41/h16-21,39-42H,2-15,30H2,1H3,(H,36,46)(H,37,47)(H,38,48)(H4,31,32,34)(H3,33,35,49)/t16-,17+,18+,19-,20-,21+/m0/s1. The minimum Gasteiger partial charge on any atom is -0.396 e. The van der Waals surface area contributed by atoms with Crippen molar-refractivity contribution in [1.82, 2.24) is 21.3 Å². The molecule has 16 N–H and O–H groups in total. The molecule has 20 heteroatoms. The summed E-state index contributed by atoms with van der Waals surface area (Å²) in [5.41, 5.74) is 21.1. The second kappa shape index (κ2) is 24.8. The molecule has 280 valence electrons. The molecule has 0 bridgehead atoms. The van der Waals surface area contributed by atoms with Gasteiger partial charge in [0.05, 0.1) is 50.3 Å². The lowest BCUT2D eigenvalue weighted by atomic mass is 9.93. The Kier molecular flexibility index (Phi) is 22.7. The number of guanidine groups is 1. The van der Waals surface area contributed by atoms with Crippen LogP contribution in [-0.2, 0) is 28.8 Å². The lowest BCUT2D eigenvalue weighted by Crippen LogP contribution is -2.52. The van der Waals surface area contributed by atoms with Crippen LogP contribution in [0.15, 0.2) is 4.99 Å². The topological polar surface area (TPSA) is 365 Å². The summed E-state index contributed by atoms with van der Waals surface area (Å²) in [6.07, 6.45) is -0.0157. The Balaban J connectivity index is 5.82. The van der Waals surface area contributed by atoms with Gasteiger partial charge in [-0.15, -0.1) is 0 Å². The average molecular weight is 704 g/mol. The molecule has 6 atom stereocenters. The van der Waals surface area contributed by atoms with Gasteiger partial charge in [0.25, 0.3) is 0 Å². The Labute approximate surface area is 284 Å². The molecule has 49 heavy (non-hydrogen) atoms. The van der Waals surface area contributed by atoms with E-state index in [1.54, 1.807) is 6.92 Å². The molecule has 0 rings (SSSR count). The van der Waals surface area contributed by atoms with Crippen molar-refractivity contribution in [2.45, 2.75) is 82.5 Å². The SMILES string of the molecule is CCCC(=O)[C@H](CCCNC(N)=O)NC(=O)[C@H](CO)CC(=O)[C@H](CCCN=C(N)N)NC(=O)[C@@H](CO)CC(=O)[C@@H](CO)NC(=O)[C@H](N)CO. The smallest absolute Gasteiger partial charge is 0.312 e. The lowest BCUT2D eigenvalue weighted by Gasteiger charge is -2.24. The number of urea groups is 1. The Morgan fingerprint density at radius 3 is 1.59 bits per heavy atom. The molecule has 0 unspecified atom stereocenters. The molecule has 0 aliphatic carbocycles. The van der Waals surface area contributed by atoms with E-state index in [0.29, 0.717) is 12.8 Å². The van der Waals surface area contributed by atoms with Crippen molar-refractivity contribution in [3.05, 3.63) is 0 Å². The van der Waals surface area contributed by atoms with Crippen molar-refractivity contribution < 1.29 is 54.0 Å². The van der Waals surface area contributed by atoms with Crippen LogP contribution in [0.2, 0.25) is 0 Å². The highest BCUT2D eigenvalue weighted by Gasteiger charge is 2.33. The van der Waals surface area contributed by atoms with Gasteiger partial charge >= 0.3 is 6.03 Å². The Morgan fingerprint density at radius 1 is 0.653 bits per heavy atom. The third-order valence-corrected chi connectivity index (χ3v) is 7.32. The summed E-state index contributed by atoms with van der Waals surface area (Å²) < 4.78 is 0. The molecule has 0 saturated carbocycles.